The highest BCUT2D eigenvalue weighted by Crippen LogP contribution is 2.30. The van der Waals surface area contributed by atoms with Crippen molar-refractivity contribution in [3.05, 3.63) is 58.4 Å². The molecule has 0 aliphatic carbocycles. The molecular formula is C25H32ClN5O2. The Morgan fingerprint density at radius 3 is 1.88 bits per heavy atom. The van der Waals surface area contributed by atoms with Crippen LogP contribution in [0.25, 0.3) is 11.0 Å². The van der Waals surface area contributed by atoms with Crippen LogP contribution >= 0.6 is 11.6 Å². The smallest absolute Gasteiger partial charge is 0.277 e. The first-order valence-corrected chi connectivity index (χ1v) is 11.8. The molecule has 33 heavy (non-hydrogen) atoms. The quantitative estimate of drug-likeness (QED) is 0.410. The Labute approximate surface area is 200 Å². The van der Waals surface area contributed by atoms with Crippen molar-refractivity contribution in [1.82, 2.24) is 19.8 Å². The molecule has 3 aromatic rings. The van der Waals surface area contributed by atoms with Gasteiger partial charge in [0.05, 0.1) is 11.0 Å². The zero-order valence-corrected chi connectivity index (χ0v) is 20.5. The molecule has 0 saturated carbocycles. The second-order valence-corrected chi connectivity index (χ2v) is 8.23. The molecule has 0 aliphatic heterocycles. The number of hydrogen-bond acceptors (Lipinski definition) is 6. The summed E-state index contributed by atoms with van der Waals surface area (Å²) in [6.45, 7) is 13.0. The SMILES string of the molecule is CCN(CC)Cc1cc(NC(=O)c2nc3ccccc3nc2Cl)cc(CN(CC)CC)c1O. The van der Waals surface area contributed by atoms with Crippen LogP contribution in [0.3, 0.4) is 0 Å². The van der Waals surface area contributed by atoms with Gasteiger partial charge in [0, 0.05) is 29.9 Å². The number of benzene rings is 2. The number of amides is 1. The molecule has 0 saturated heterocycles. The summed E-state index contributed by atoms with van der Waals surface area (Å²) in [5.74, 6) is -0.165. The number of aromatic nitrogens is 2. The van der Waals surface area contributed by atoms with Gasteiger partial charge < -0.3 is 10.4 Å². The lowest BCUT2D eigenvalue weighted by molar-refractivity contribution is 0.102. The maximum Gasteiger partial charge on any atom is 0.277 e. The van der Waals surface area contributed by atoms with Crippen molar-refractivity contribution in [1.29, 1.82) is 0 Å². The van der Waals surface area contributed by atoms with Crippen molar-refractivity contribution in [2.45, 2.75) is 40.8 Å². The van der Waals surface area contributed by atoms with Gasteiger partial charge in [-0.25, -0.2) is 9.97 Å². The molecule has 0 bridgehead atoms. The molecular weight excluding hydrogens is 438 g/mol. The van der Waals surface area contributed by atoms with Gasteiger partial charge in [0.15, 0.2) is 10.8 Å². The van der Waals surface area contributed by atoms with Crippen molar-refractivity contribution < 1.29 is 9.90 Å². The van der Waals surface area contributed by atoms with Crippen molar-refractivity contribution in [3.8, 4) is 5.75 Å². The number of aromatic hydroxyl groups is 1. The van der Waals surface area contributed by atoms with Crippen LogP contribution in [0.15, 0.2) is 36.4 Å². The molecule has 0 radical (unpaired) electrons. The Kier molecular flexibility index (Phi) is 8.61. The summed E-state index contributed by atoms with van der Waals surface area (Å²) in [5, 5.41) is 14.0. The van der Waals surface area contributed by atoms with E-state index in [0.717, 1.165) is 37.3 Å². The Hall–Kier alpha value is -2.74. The van der Waals surface area contributed by atoms with Crippen LogP contribution in [-0.2, 0) is 13.1 Å². The van der Waals surface area contributed by atoms with E-state index < -0.39 is 5.91 Å². The van der Waals surface area contributed by atoms with E-state index in [1.54, 1.807) is 12.1 Å². The lowest BCUT2D eigenvalue weighted by atomic mass is 10.1. The molecule has 2 N–H and O–H groups in total. The monoisotopic (exact) mass is 469 g/mol. The average molecular weight is 470 g/mol. The van der Waals surface area contributed by atoms with E-state index in [4.69, 9.17) is 11.6 Å². The molecule has 0 fully saturated rings. The molecule has 0 spiro atoms. The molecule has 176 valence electrons. The van der Waals surface area contributed by atoms with Gasteiger partial charge in [0.25, 0.3) is 5.91 Å². The van der Waals surface area contributed by atoms with Gasteiger partial charge in [-0.2, -0.15) is 0 Å². The summed E-state index contributed by atoms with van der Waals surface area (Å²) in [5.41, 5.74) is 3.43. The molecule has 0 aliphatic rings. The Bertz CT molecular complexity index is 1080. The Morgan fingerprint density at radius 1 is 0.909 bits per heavy atom. The van der Waals surface area contributed by atoms with Gasteiger partial charge in [-0.05, 0) is 50.4 Å². The van der Waals surface area contributed by atoms with Crippen LogP contribution in [0.1, 0.15) is 49.3 Å². The van der Waals surface area contributed by atoms with Gasteiger partial charge in [0.1, 0.15) is 5.75 Å². The largest absolute Gasteiger partial charge is 0.507 e. The number of phenolic OH excluding ortho intramolecular Hbond substituents is 1. The summed E-state index contributed by atoms with van der Waals surface area (Å²) in [6, 6.07) is 10.9. The van der Waals surface area contributed by atoms with Crippen LogP contribution in [0.5, 0.6) is 5.75 Å². The van der Waals surface area contributed by atoms with Gasteiger partial charge in [-0.3, -0.25) is 14.6 Å². The third-order valence-corrected chi connectivity index (χ3v) is 6.11. The second-order valence-electron chi connectivity index (χ2n) is 7.87. The number of rotatable bonds is 10. The zero-order chi connectivity index (χ0) is 24.0. The van der Waals surface area contributed by atoms with Gasteiger partial charge in [0.2, 0.25) is 0 Å². The molecule has 7 nitrogen and oxygen atoms in total. The van der Waals surface area contributed by atoms with E-state index >= 15 is 0 Å². The zero-order valence-electron chi connectivity index (χ0n) is 19.7. The van der Waals surface area contributed by atoms with Crippen LogP contribution in [0.2, 0.25) is 5.15 Å². The van der Waals surface area contributed by atoms with Crippen LogP contribution in [0, 0.1) is 0 Å². The summed E-state index contributed by atoms with van der Waals surface area (Å²) >= 11 is 6.28. The third-order valence-electron chi connectivity index (χ3n) is 5.85. The minimum Gasteiger partial charge on any atom is -0.507 e. The molecule has 0 unspecified atom stereocenters. The summed E-state index contributed by atoms with van der Waals surface area (Å²) < 4.78 is 0. The fraction of sp³-hybridized carbons (Fsp3) is 0.400. The number of phenols is 1. The minimum atomic E-state index is -0.438. The van der Waals surface area contributed by atoms with E-state index in [-0.39, 0.29) is 16.6 Å². The molecule has 3 rings (SSSR count). The molecule has 2 aromatic carbocycles. The topological polar surface area (TPSA) is 81.6 Å². The van der Waals surface area contributed by atoms with E-state index in [0.29, 0.717) is 29.8 Å². The summed E-state index contributed by atoms with van der Waals surface area (Å²) in [7, 11) is 0. The highest BCUT2D eigenvalue weighted by molar-refractivity contribution is 6.33. The fourth-order valence-corrected chi connectivity index (χ4v) is 3.98. The van der Waals surface area contributed by atoms with Crippen molar-refractivity contribution in [2.75, 3.05) is 31.5 Å². The molecule has 0 atom stereocenters. The molecule has 8 heteroatoms. The number of halogens is 1. The Balaban J connectivity index is 1.96. The normalized spacial score (nSPS) is 11.5. The van der Waals surface area contributed by atoms with Crippen LogP contribution < -0.4 is 5.32 Å². The van der Waals surface area contributed by atoms with Gasteiger partial charge in [-0.1, -0.05) is 51.4 Å². The highest BCUT2D eigenvalue weighted by atomic mass is 35.5. The van der Waals surface area contributed by atoms with Gasteiger partial charge in [-0.15, -0.1) is 0 Å². The number of carbonyl (C=O) groups is 1. The van der Waals surface area contributed by atoms with Crippen molar-refractivity contribution in [2.24, 2.45) is 0 Å². The molecule has 1 aromatic heterocycles. The van der Waals surface area contributed by atoms with Crippen LogP contribution in [-0.4, -0.2) is 57.0 Å². The first-order valence-electron chi connectivity index (χ1n) is 11.4. The van der Waals surface area contributed by atoms with Crippen LogP contribution in [0.4, 0.5) is 5.69 Å². The summed E-state index contributed by atoms with van der Waals surface area (Å²) in [4.78, 5) is 26.2. The first kappa shape index (κ1) is 24.9. The number of fused-ring (bicyclic) bond motifs is 1. The van der Waals surface area contributed by atoms with E-state index in [9.17, 15) is 9.90 Å². The van der Waals surface area contributed by atoms with Crippen molar-refractivity contribution >= 4 is 34.2 Å². The van der Waals surface area contributed by atoms with Crippen molar-refractivity contribution in [3.63, 3.8) is 0 Å². The standard InChI is InChI=1S/C25H32ClN5O2/c1-5-30(6-2)15-17-13-19(14-18(23(17)32)16-31(7-3)8-4)27-25(33)22-24(26)29-21-12-10-9-11-20(21)28-22/h9-14,32H,5-8,15-16H2,1-4H3,(H,27,33). The fourth-order valence-electron chi connectivity index (χ4n) is 3.76. The number of nitrogens with one attached hydrogen (secondary N) is 1. The number of anilines is 1. The lowest BCUT2D eigenvalue weighted by Gasteiger charge is -2.23. The van der Waals surface area contributed by atoms with E-state index in [1.165, 1.54) is 0 Å². The highest BCUT2D eigenvalue weighted by Gasteiger charge is 2.19. The minimum absolute atomic E-state index is 0.0525. The predicted octanol–water partition coefficient (Wildman–Crippen LogP) is 4.92. The third kappa shape index (κ3) is 5.99. The number of hydrogen-bond donors (Lipinski definition) is 2. The number of carbonyl (C=O) groups excluding carboxylic acids is 1. The lowest BCUT2D eigenvalue weighted by Crippen LogP contribution is -2.24. The maximum atomic E-state index is 13.1. The van der Waals surface area contributed by atoms with E-state index in [2.05, 4.69) is 52.8 Å². The number of nitrogens with zero attached hydrogens (tertiary/aromatic N) is 4. The first-order chi connectivity index (χ1) is 15.9. The Morgan fingerprint density at radius 2 is 1.39 bits per heavy atom. The maximum absolute atomic E-state index is 13.1. The van der Waals surface area contributed by atoms with E-state index in [1.807, 2.05) is 24.3 Å². The average Bonchev–Trinajstić information content (AvgIpc) is 2.82. The summed E-state index contributed by atoms with van der Waals surface area (Å²) in [6.07, 6.45) is 0. The van der Waals surface area contributed by atoms with Gasteiger partial charge >= 0.3 is 0 Å². The predicted molar refractivity (Wildman–Crippen MR) is 134 cm³/mol. The number of para-hydroxylation sites is 2. The molecule has 1 amide bonds. The second kappa shape index (κ2) is 11.4. The molecule has 1 heterocycles.